The third-order valence-corrected chi connectivity index (χ3v) is 4.22. The zero-order valence-electron chi connectivity index (χ0n) is 9.42. The van der Waals surface area contributed by atoms with Crippen LogP contribution in [0.1, 0.15) is 17.2 Å². The molecule has 0 aromatic heterocycles. The number of aryl methyl sites for hydroxylation is 1. The molecule has 0 heterocycles. The molecule has 4 nitrogen and oxygen atoms in total. The third kappa shape index (κ3) is 2.81. The van der Waals surface area contributed by atoms with E-state index in [0.717, 1.165) is 17.4 Å². The van der Waals surface area contributed by atoms with Gasteiger partial charge in [0.15, 0.2) is 9.84 Å². The van der Waals surface area contributed by atoms with Crippen molar-refractivity contribution in [2.45, 2.75) is 18.2 Å². The van der Waals surface area contributed by atoms with E-state index < -0.39 is 27.7 Å². The largest absolute Gasteiger partial charge is 0.395 e. The Labute approximate surface area is 96.0 Å². The van der Waals surface area contributed by atoms with Gasteiger partial charge in [-0.25, -0.2) is 8.42 Å². The maximum atomic E-state index is 11.4. The van der Waals surface area contributed by atoms with E-state index in [1.54, 1.807) is 12.1 Å². The summed E-state index contributed by atoms with van der Waals surface area (Å²) in [6, 6.07) is 6.62. The van der Waals surface area contributed by atoms with Crippen LogP contribution in [0.2, 0.25) is 0 Å². The van der Waals surface area contributed by atoms with Gasteiger partial charge in [-0.3, -0.25) is 0 Å². The molecule has 90 valence electrons. The van der Waals surface area contributed by atoms with Crippen molar-refractivity contribution >= 4 is 9.84 Å². The number of hydrogen-bond acceptors (Lipinski definition) is 4. The van der Waals surface area contributed by atoms with Gasteiger partial charge in [-0.2, -0.15) is 0 Å². The fourth-order valence-electron chi connectivity index (χ4n) is 1.68. The minimum absolute atomic E-state index is 0.464. The Balaban J connectivity index is 3.10. The van der Waals surface area contributed by atoms with Gasteiger partial charge in [-0.05, 0) is 18.1 Å². The van der Waals surface area contributed by atoms with Gasteiger partial charge in [-0.15, -0.1) is 0 Å². The lowest BCUT2D eigenvalue weighted by molar-refractivity contribution is 0.278. The molecule has 3 N–H and O–H groups in total. The summed E-state index contributed by atoms with van der Waals surface area (Å²) in [4.78, 5) is 0. The van der Waals surface area contributed by atoms with Crippen LogP contribution >= 0.6 is 0 Å². The quantitative estimate of drug-likeness (QED) is 0.802. The maximum absolute atomic E-state index is 11.4. The molecule has 0 spiro atoms. The maximum Gasteiger partial charge on any atom is 0.154 e. The summed E-state index contributed by atoms with van der Waals surface area (Å²) < 4.78 is 22.9. The average molecular weight is 243 g/mol. The summed E-state index contributed by atoms with van der Waals surface area (Å²) in [5, 5.41) is 8.17. The van der Waals surface area contributed by atoms with Crippen LogP contribution in [-0.4, -0.2) is 31.6 Å². The Morgan fingerprint density at radius 2 is 1.94 bits per heavy atom. The lowest BCUT2D eigenvalue weighted by atomic mass is 10.00. The highest BCUT2D eigenvalue weighted by Gasteiger charge is 2.28. The van der Waals surface area contributed by atoms with E-state index in [1.807, 2.05) is 19.1 Å². The van der Waals surface area contributed by atoms with Crippen LogP contribution in [0.5, 0.6) is 0 Å². The molecule has 0 aliphatic carbocycles. The second-order valence-corrected chi connectivity index (χ2v) is 6.20. The highest BCUT2D eigenvalue weighted by Crippen LogP contribution is 2.22. The minimum atomic E-state index is -3.35. The van der Waals surface area contributed by atoms with Crippen molar-refractivity contribution in [3.8, 4) is 0 Å². The highest BCUT2D eigenvalue weighted by atomic mass is 32.2. The van der Waals surface area contributed by atoms with Crippen molar-refractivity contribution in [2.75, 3.05) is 12.9 Å². The summed E-state index contributed by atoms with van der Waals surface area (Å²) in [6.45, 7) is 1.40. The summed E-state index contributed by atoms with van der Waals surface area (Å²) in [6.07, 6.45) is 1.09. The Morgan fingerprint density at radius 3 is 2.38 bits per heavy atom. The fourth-order valence-corrected chi connectivity index (χ4v) is 2.63. The molecule has 1 aromatic rings. The number of rotatable bonds is 4. The van der Waals surface area contributed by atoms with Crippen molar-refractivity contribution in [3.63, 3.8) is 0 Å². The first kappa shape index (κ1) is 13.2. The Morgan fingerprint density at radius 1 is 1.38 bits per heavy atom. The van der Waals surface area contributed by atoms with Gasteiger partial charge in [-0.1, -0.05) is 24.3 Å². The lowest BCUT2D eigenvalue weighted by Crippen LogP contribution is -2.36. The van der Waals surface area contributed by atoms with Crippen molar-refractivity contribution in [2.24, 2.45) is 5.73 Å². The first-order chi connectivity index (χ1) is 7.38. The van der Waals surface area contributed by atoms with Crippen molar-refractivity contribution in [1.82, 2.24) is 0 Å². The van der Waals surface area contributed by atoms with E-state index in [9.17, 15) is 8.42 Å². The number of aliphatic hydroxyl groups excluding tert-OH is 1. The van der Waals surface area contributed by atoms with Gasteiger partial charge in [0, 0.05) is 12.3 Å². The van der Waals surface area contributed by atoms with E-state index >= 15 is 0 Å². The molecule has 2 unspecified atom stereocenters. The lowest BCUT2D eigenvalue weighted by Gasteiger charge is -2.22. The van der Waals surface area contributed by atoms with E-state index in [2.05, 4.69) is 0 Å². The van der Waals surface area contributed by atoms with Gasteiger partial charge in [0.25, 0.3) is 0 Å². The van der Waals surface area contributed by atoms with Gasteiger partial charge in [0.1, 0.15) is 5.25 Å². The monoisotopic (exact) mass is 243 g/mol. The molecule has 0 aliphatic rings. The molecule has 1 aromatic carbocycles. The van der Waals surface area contributed by atoms with Crippen LogP contribution in [0, 0.1) is 6.92 Å². The fraction of sp³-hybridized carbons (Fsp3) is 0.455. The molecule has 0 fully saturated rings. The highest BCUT2D eigenvalue weighted by molar-refractivity contribution is 7.91. The van der Waals surface area contributed by atoms with E-state index in [-0.39, 0.29) is 0 Å². The normalized spacial score (nSPS) is 15.8. The molecule has 0 saturated carbocycles. The number of sulfone groups is 1. The van der Waals surface area contributed by atoms with Crippen molar-refractivity contribution in [1.29, 1.82) is 0 Å². The van der Waals surface area contributed by atoms with Crippen LogP contribution in [0.3, 0.4) is 0 Å². The molecule has 0 saturated heterocycles. The smallest absolute Gasteiger partial charge is 0.154 e. The first-order valence-electron chi connectivity index (χ1n) is 4.98. The second kappa shape index (κ2) is 4.95. The third-order valence-electron chi connectivity index (χ3n) is 2.68. The van der Waals surface area contributed by atoms with Gasteiger partial charge >= 0.3 is 0 Å². The SMILES string of the molecule is Cc1ccccc1C(N)C(CO)S(C)(=O)=O. The van der Waals surface area contributed by atoms with E-state index in [4.69, 9.17) is 10.8 Å². The molecular formula is C11H17NO3S. The van der Waals surface area contributed by atoms with Gasteiger partial charge in [0.05, 0.1) is 6.61 Å². The van der Waals surface area contributed by atoms with E-state index in [0.29, 0.717) is 0 Å². The topological polar surface area (TPSA) is 80.4 Å². The molecule has 0 aliphatic heterocycles. The molecule has 2 atom stereocenters. The molecular weight excluding hydrogens is 226 g/mol. The predicted molar refractivity (Wildman–Crippen MR) is 63.8 cm³/mol. The summed E-state index contributed by atoms with van der Waals surface area (Å²) in [5.74, 6) is 0. The van der Waals surface area contributed by atoms with Crippen LogP contribution < -0.4 is 5.73 Å². The molecule has 5 heteroatoms. The Kier molecular flexibility index (Phi) is 4.07. The zero-order valence-corrected chi connectivity index (χ0v) is 10.2. The predicted octanol–water partition coefficient (Wildman–Crippen LogP) is 0.400. The number of hydrogen-bond donors (Lipinski definition) is 2. The molecule has 0 bridgehead atoms. The molecule has 1 rings (SSSR count). The van der Waals surface area contributed by atoms with Crippen LogP contribution in [0.25, 0.3) is 0 Å². The number of aliphatic hydroxyl groups is 1. The van der Waals surface area contributed by atoms with Crippen LogP contribution in [-0.2, 0) is 9.84 Å². The van der Waals surface area contributed by atoms with Crippen LogP contribution in [0.15, 0.2) is 24.3 Å². The first-order valence-corrected chi connectivity index (χ1v) is 6.94. The number of benzene rings is 1. The van der Waals surface area contributed by atoms with Crippen molar-refractivity contribution < 1.29 is 13.5 Å². The Hall–Kier alpha value is -0.910. The molecule has 16 heavy (non-hydrogen) atoms. The summed E-state index contributed by atoms with van der Waals surface area (Å²) >= 11 is 0. The minimum Gasteiger partial charge on any atom is -0.395 e. The number of nitrogens with two attached hydrogens (primary N) is 1. The van der Waals surface area contributed by atoms with Crippen LogP contribution in [0.4, 0.5) is 0 Å². The van der Waals surface area contributed by atoms with Gasteiger partial charge in [0.2, 0.25) is 0 Å². The Bertz CT molecular complexity index is 456. The van der Waals surface area contributed by atoms with Gasteiger partial charge < -0.3 is 10.8 Å². The van der Waals surface area contributed by atoms with E-state index in [1.165, 1.54) is 0 Å². The summed E-state index contributed by atoms with van der Waals surface area (Å²) in [7, 11) is -3.35. The second-order valence-electron chi connectivity index (χ2n) is 3.93. The standard InChI is InChI=1S/C11H17NO3S/c1-8-5-3-4-6-9(8)11(12)10(7-13)16(2,14)15/h3-6,10-11,13H,7,12H2,1-2H3. The van der Waals surface area contributed by atoms with Crippen molar-refractivity contribution in [3.05, 3.63) is 35.4 Å². The molecule has 0 amide bonds. The zero-order chi connectivity index (χ0) is 12.3. The summed E-state index contributed by atoms with van der Waals surface area (Å²) in [5.41, 5.74) is 7.58. The average Bonchev–Trinajstić information content (AvgIpc) is 2.17. The molecule has 0 radical (unpaired) electrons.